The molecule has 1 atom stereocenters. The normalized spacial score (nSPS) is 18.3. The van der Waals surface area contributed by atoms with Crippen molar-refractivity contribution in [2.24, 2.45) is 0 Å². The van der Waals surface area contributed by atoms with Crippen LogP contribution in [0.25, 0.3) is 0 Å². The molecule has 4 heteroatoms. The molecule has 2 aromatic rings. The number of benzene rings is 2. The van der Waals surface area contributed by atoms with Crippen molar-refractivity contribution in [3.63, 3.8) is 0 Å². The number of ether oxygens (including phenoxy) is 1. The molecule has 1 aliphatic rings. The van der Waals surface area contributed by atoms with Gasteiger partial charge in [0, 0.05) is 45.3 Å². The zero-order chi connectivity index (χ0) is 20.5. The van der Waals surface area contributed by atoms with Crippen molar-refractivity contribution in [3.8, 4) is 5.75 Å². The Balaban J connectivity index is 1.62. The first-order valence-electron chi connectivity index (χ1n) is 11.1. The number of rotatable bonds is 10. The second kappa shape index (κ2) is 11.3. The monoisotopic (exact) mass is 395 g/mol. The molecule has 4 nitrogen and oxygen atoms in total. The van der Waals surface area contributed by atoms with E-state index in [1.54, 1.807) is 7.11 Å². The highest BCUT2D eigenvalue weighted by molar-refractivity contribution is 5.27. The topological polar surface area (TPSA) is 19.0 Å². The molecular weight excluding hydrogens is 358 g/mol. The Hall–Kier alpha value is -1.88. The molecule has 0 aliphatic carbocycles. The van der Waals surface area contributed by atoms with Crippen LogP contribution in [0.4, 0.5) is 0 Å². The maximum atomic E-state index is 5.29. The third-order valence-corrected chi connectivity index (χ3v) is 6.23. The van der Waals surface area contributed by atoms with Crippen LogP contribution in [-0.4, -0.2) is 74.2 Å². The third-order valence-electron chi connectivity index (χ3n) is 6.23. The van der Waals surface area contributed by atoms with Crippen LogP contribution >= 0.6 is 0 Å². The van der Waals surface area contributed by atoms with E-state index in [2.05, 4.69) is 83.1 Å². The molecule has 3 rings (SSSR count). The standard InChI is InChI=1S/C25H37N3O/c1-4-26(5-2)17-18-27-19-20-28(25(21-27)23-9-7-6-8-10-23)16-15-22-11-13-24(29-3)14-12-22/h6-14,25H,4-5,15-21H2,1-3H3. The molecule has 0 N–H and O–H groups in total. The Morgan fingerprint density at radius 2 is 1.66 bits per heavy atom. The minimum Gasteiger partial charge on any atom is -0.497 e. The average molecular weight is 396 g/mol. The summed E-state index contributed by atoms with van der Waals surface area (Å²) in [6, 6.07) is 20.0. The van der Waals surface area contributed by atoms with Crippen LogP contribution < -0.4 is 4.74 Å². The molecule has 0 amide bonds. The summed E-state index contributed by atoms with van der Waals surface area (Å²) in [4.78, 5) is 7.85. The number of methoxy groups -OCH3 is 1. The molecule has 0 aromatic heterocycles. The zero-order valence-corrected chi connectivity index (χ0v) is 18.4. The van der Waals surface area contributed by atoms with E-state index >= 15 is 0 Å². The lowest BCUT2D eigenvalue weighted by Gasteiger charge is -2.42. The average Bonchev–Trinajstić information content (AvgIpc) is 2.79. The molecule has 1 fully saturated rings. The number of piperazine rings is 1. The van der Waals surface area contributed by atoms with Crippen molar-refractivity contribution >= 4 is 0 Å². The molecule has 2 aromatic carbocycles. The van der Waals surface area contributed by atoms with Crippen LogP contribution in [0, 0.1) is 0 Å². The first kappa shape index (κ1) is 21.8. The number of hydrogen-bond acceptors (Lipinski definition) is 4. The van der Waals surface area contributed by atoms with Crippen LogP contribution in [0.1, 0.15) is 31.0 Å². The predicted octanol–water partition coefficient (Wildman–Crippen LogP) is 3.94. The summed E-state index contributed by atoms with van der Waals surface area (Å²) in [5.74, 6) is 0.928. The van der Waals surface area contributed by atoms with Gasteiger partial charge in [0.1, 0.15) is 5.75 Å². The molecule has 0 bridgehead atoms. The summed E-state index contributed by atoms with van der Waals surface area (Å²) in [5.41, 5.74) is 2.82. The zero-order valence-electron chi connectivity index (χ0n) is 18.4. The SMILES string of the molecule is CCN(CC)CCN1CCN(CCc2ccc(OC)cc2)C(c2ccccc2)C1. The first-order valence-corrected chi connectivity index (χ1v) is 11.1. The molecule has 1 unspecified atom stereocenters. The Morgan fingerprint density at radius 3 is 2.31 bits per heavy atom. The van der Waals surface area contributed by atoms with Gasteiger partial charge in [-0.05, 0) is 42.8 Å². The van der Waals surface area contributed by atoms with Crippen LogP contribution in [-0.2, 0) is 6.42 Å². The van der Waals surface area contributed by atoms with Gasteiger partial charge in [0.25, 0.3) is 0 Å². The predicted molar refractivity (Wildman–Crippen MR) is 122 cm³/mol. The lowest BCUT2D eigenvalue weighted by molar-refractivity contribution is 0.0683. The Morgan fingerprint density at radius 1 is 0.931 bits per heavy atom. The van der Waals surface area contributed by atoms with Gasteiger partial charge in [0.2, 0.25) is 0 Å². The molecule has 1 aliphatic heterocycles. The molecule has 158 valence electrons. The maximum absolute atomic E-state index is 5.29. The lowest BCUT2D eigenvalue weighted by Crippen LogP contribution is -2.50. The van der Waals surface area contributed by atoms with Gasteiger partial charge < -0.3 is 9.64 Å². The van der Waals surface area contributed by atoms with Gasteiger partial charge in [-0.15, -0.1) is 0 Å². The van der Waals surface area contributed by atoms with Gasteiger partial charge in [0.05, 0.1) is 7.11 Å². The van der Waals surface area contributed by atoms with E-state index in [0.29, 0.717) is 6.04 Å². The third kappa shape index (κ3) is 6.30. The van der Waals surface area contributed by atoms with Crippen LogP contribution in [0.3, 0.4) is 0 Å². The van der Waals surface area contributed by atoms with E-state index < -0.39 is 0 Å². The van der Waals surface area contributed by atoms with Crippen molar-refractivity contribution in [1.29, 1.82) is 0 Å². The van der Waals surface area contributed by atoms with Gasteiger partial charge >= 0.3 is 0 Å². The number of likely N-dealkylation sites (N-methyl/N-ethyl adjacent to an activating group) is 1. The summed E-state index contributed by atoms with van der Waals surface area (Å²) in [7, 11) is 1.72. The summed E-state index contributed by atoms with van der Waals surface area (Å²) in [5, 5.41) is 0. The smallest absolute Gasteiger partial charge is 0.118 e. The second-order valence-corrected chi connectivity index (χ2v) is 7.89. The van der Waals surface area contributed by atoms with Crippen LogP contribution in [0.2, 0.25) is 0 Å². The van der Waals surface area contributed by atoms with E-state index in [4.69, 9.17) is 4.74 Å². The van der Waals surface area contributed by atoms with E-state index in [1.807, 2.05) is 0 Å². The van der Waals surface area contributed by atoms with E-state index in [9.17, 15) is 0 Å². The van der Waals surface area contributed by atoms with Crippen LogP contribution in [0.15, 0.2) is 54.6 Å². The quantitative estimate of drug-likeness (QED) is 0.606. The minimum atomic E-state index is 0.472. The van der Waals surface area contributed by atoms with Gasteiger partial charge in [-0.3, -0.25) is 9.80 Å². The van der Waals surface area contributed by atoms with Gasteiger partial charge in [-0.25, -0.2) is 0 Å². The van der Waals surface area contributed by atoms with E-state index in [0.717, 1.165) is 58.0 Å². The number of hydrogen-bond donors (Lipinski definition) is 0. The summed E-state index contributed by atoms with van der Waals surface area (Å²) in [6.45, 7) is 13.6. The van der Waals surface area contributed by atoms with E-state index in [-0.39, 0.29) is 0 Å². The number of nitrogens with zero attached hydrogens (tertiary/aromatic N) is 3. The van der Waals surface area contributed by atoms with Gasteiger partial charge in [-0.2, -0.15) is 0 Å². The Labute approximate surface area is 177 Å². The van der Waals surface area contributed by atoms with Gasteiger partial charge in [0.15, 0.2) is 0 Å². The maximum Gasteiger partial charge on any atom is 0.118 e. The molecule has 0 saturated carbocycles. The Kier molecular flexibility index (Phi) is 8.53. The van der Waals surface area contributed by atoms with Crippen molar-refractivity contribution < 1.29 is 4.74 Å². The van der Waals surface area contributed by atoms with Crippen molar-refractivity contribution in [3.05, 3.63) is 65.7 Å². The lowest BCUT2D eigenvalue weighted by atomic mass is 10.0. The highest BCUT2D eigenvalue weighted by Gasteiger charge is 2.27. The molecule has 0 spiro atoms. The van der Waals surface area contributed by atoms with E-state index in [1.165, 1.54) is 17.7 Å². The van der Waals surface area contributed by atoms with Crippen molar-refractivity contribution in [1.82, 2.24) is 14.7 Å². The van der Waals surface area contributed by atoms with Crippen LogP contribution in [0.5, 0.6) is 5.75 Å². The fraction of sp³-hybridized carbons (Fsp3) is 0.520. The summed E-state index contributed by atoms with van der Waals surface area (Å²) < 4.78 is 5.29. The summed E-state index contributed by atoms with van der Waals surface area (Å²) in [6.07, 6.45) is 1.08. The fourth-order valence-electron chi connectivity index (χ4n) is 4.23. The van der Waals surface area contributed by atoms with Crippen molar-refractivity contribution in [2.75, 3.05) is 59.5 Å². The first-order chi connectivity index (χ1) is 14.2. The van der Waals surface area contributed by atoms with Gasteiger partial charge in [-0.1, -0.05) is 56.3 Å². The Bertz CT molecular complexity index is 700. The molecular formula is C25H37N3O. The fourth-order valence-corrected chi connectivity index (χ4v) is 4.23. The largest absolute Gasteiger partial charge is 0.497 e. The summed E-state index contributed by atoms with van der Waals surface area (Å²) >= 11 is 0. The molecule has 1 saturated heterocycles. The second-order valence-electron chi connectivity index (χ2n) is 7.89. The molecule has 0 radical (unpaired) electrons. The highest BCUT2D eigenvalue weighted by Crippen LogP contribution is 2.26. The van der Waals surface area contributed by atoms with Crippen molar-refractivity contribution in [2.45, 2.75) is 26.3 Å². The molecule has 29 heavy (non-hydrogen) atoms. The minimum absolute atomic E-state index is 0.472. The molecule has 1 heterocycles. The highest BCUT2D eigenvalue weighted by atomic mass is 16.5.